The minimum absolute atomic E-state index is 0.0364. The zero-order valence-electron chi connectivity index (χ0n) is 14.8. The standard InChI is InChI=1S/C16H25N3O5S/c1-5-12(3)18-25(23,24)14-8-6-7-13(9-14)17-16(22)19(4)10-11(2)15(20)21/h6-9,11-12,18H,5,10H2,1-4H3,(H,17,22)(H,20,21). The molecule has 9 heteroatoms. The molecule has 0 fully saturated rings. The maximum atomic E-state index is 12.3. The number of nitrogens with one attached hydrogen (secondary N) is 2. The number of rotatable bonds is 8. The molecule has 2 unspecified atom stereocenters. The van der Waals surface area contributed by atoms with E-state index in [0.717, 1.165) is 0 Å². The van der Waals surface area contributed by atoms with Gasteiger partial charge < -0.3 is 15.3 Å². The molecule has 0 aliphatic rings. The predicted molar refractivity (Wildman–Crippen MR) is 95.0 cm³/mol. The smallest absolute Gasteiger partial charge is 0.321 e. The van der Waals surface area contributed by atoms with Crippen LogP contribution in [0.5, 0.6) is 0 Å². The fraction of sp³-hybridized carbons (Fsp3) is 0.500. The molecule has 25 heavy (non-hydrogen) atoms. The Morgan fingerprint density at radius 2 is 1.92 bits per heavy atom. The van der Waals surface area contributed by atoms with Crippen LogP contribution in [-0.4, -0.2) is 50.1 Å². The highest BCUT2D eigenvalue weighted by Crippen LogP contribution is 2.16. The van der Waals surface area contributed by atoms with E-state index in [1.807, 2.05) is 6.92 Å². The Labute approximate surface area is 148 Å². The van der Waals surface area contributed by atoms with E-state index in [1.54, 1.807) is 13.0 Å². The van der Waals surface area contributed by atoms with Crippen molar-refractivity contribution in [3.8, 4) is 0 Å². The molecule has 140 valence electrons. The lowest BCUT2D eigenvalue weighted by molar-refractivity contribution is -0.141. The second kappa shape index (κ2) is 8.82. The van der Waals surface area contributed by atoms with E-state index in [-0.39, 0.29) is 17.5 Å². The number of carboxylic acid groups (broad SMARTS) is 1. The number of carboxylic acids is 1. The summed E-state index contributed by atoms with van der Waals surface area (Å²) in [5.41, 5.74) is 0.312. The van der Waals surface area contributed by atoms with Crippen LogP contribution in [-0.2, 0) is 14.8 Å². The second-order valence-corrected chi connectivity index (χ2v) is 7.72. The van der Waals surface area contributed by atoms with Gasteiger partial charge >= 0.3 is 12.0 Å². The first kappa shape index (κ1) is 20.9. The molecule has 3 N–H and O–H groups in total. The molecular weight excluding hydrogens is 346 g/mol. The van der Waals surface area contributed by atoms with Crippen molar-refractivity contribution in [2.24, 2.45) is 5.92 Å². The predicted octanol–water partition coefficient (Wildman–Crippen LogP) is 1.95. The van der Waals surface area contributed by atoms with E-state index in [1.165, 1.54) is 37.1 Å². The van der Waals surface area contributed by atoms with Crippen LogP contribution < -0.4 is 10.0 Å². The van der Waals surface area contributed by atoms with Crippen LogP contribution in [0.15, 0.2) is 29.2 Å². The zero-order chi connectivity index (χ0) is 19.2. The maximum absolute atomic E-state index is 12.3. The van der Waals surface area contributed by atoms with Gasteiger partial charge in [0.15, 0.2) is 0 Å². The molecule has 0 saturated heterocycles. The normalized spacial score (nSPS) is 13.8. The van der Waals surface area contributed by atoms with Crippen LogP contribution in [0.3, 0.4) is 0 Å². The lowest BCUT2D eigenvalue weighted by atomic mass is 10.2. The van der Waals surface area contributed by atoms with Gasteiger partial charge in [-0.25, -0.2) is 17.9 Å². The number of carbonyl (C=O) groups excluding carboxylic acids is 1. The average Bonchev–Trinajstić information content (AvgIpc) is 2.54. The molecule has 0 radical (unpaired) electrons. The van der Waals surface area contributed by atoms with E-state index in [9.17, 15) is 18.0 Å². The number of amides is 2. The Morgan fingerprint density at radius 1 is 1.28 bits per heavy atom. The summed E-state index contributed by atoms with van der Waals surface area (Å²) < 4.78 is 27.1. The first-order chi connectivity index (χ1) is 11.6. The van der Waals surface area contributed by atoms with Gasteiger partial charge in [-0.05, 0) is 31.5 Å². The van der Waals surface area contributed by atoms with Gasteiger partial charge in [-0.2, -0.15) is 0 Å². The van der Waals surface area contributed by atoms with E-state index in [2.05, 4.69) is 10.0 Å². The van der Waals surface area contributed by atoms with Crippen molar-refractivity contribution >= 4 is 27.7 Å². The number of aliphatic carboxylic acids is 1. The minimum atomic E-state index is -3.67. The number of benzene rings is 1. The van der Waals surface area contributed by atoms with Gasteiger partial charge in [0, 0.05) is 25.3 Å². The highest BCUT2D eigenvalue weighted by atomic mass is 32.2. The number of urea groups is 1. The first-order valence-electron chi connectivity index (χ1n) is 7.94. The summed E-state index contributed by atoms with van der Waals surface area (Å²) in [5, 5.41) is 11.5. The number of sulfonamides is 1. The minimum Gasteiger partial charge on any atom is -0.481 e. The van der Waals surface area contributed by atoms with Crippen molar-refractivity contribution in [3.63, 3.8) is 0 Å². The first-order valence-corrected chi connectivity index (χ1v) is 9.42. The lowest BCUT2D eigenvalue weighted by Gasteiger charge is -2.20. The fourth-order valence-corrected chi connectivity index (χ4v) is 3.32. The molecule has 0 saturated carbocycles. The molecular formula is C16H25N3O5S. The van der Waals surface area contributed by atoms with Crippen molar-refractivity contribution in [2.45, 2.75) is 38.1 Å². The molecule has 8 nitrogen and oxygen atoms in total. The summed E-state index contributed by atoms with van der Waals surface area (Å²) in [6, 6.07) is 5.17. The number of carbonyl (C=O) groups is 2. The molecule has 0 aliphatic carbocycles. The molecule has 0 aromatic heterocycles. The molecule has 0 spiro atoms. The van der Waals surface area contributed by atoms with Crippen molar-refractivity contribution < 1.29 is 23.1 Å². The van der Waals surface area contributed by atoms with E-state index in [4.69, 9.17) is 5.11 Å². The zero-order valence-corrected chi connectivity index (χ0v) is 15.6. The van der Waals surface area contributed by atoms with Gasteiger partial charge in [0.2, 0.25) is 10.0 Å². The third kappa shape index (κ3) is 6.35. The Hall–Kier alpha value is -2.13. The molecule has 1 aromatic rings. The highest BCUT2D eigenvalue weighted by molar-refractivity contribution is 7.89. The number of nitrogens with zero attached hydrogens (tertiary/aromatic N) is 1. The topological polar surface area (TPSA) is 116 Å². The Bertz CT molecular complexity index is 720. The van der Waals surface area contributed by atoms with E-state index in [0.29, 0.717) is 12.1 Å². The quantitative estimate of drug-likeness (QED) is 0.646. The van der Waals surface area contributed by atoms with Gasteiger partial charge in [-0.1, -0.05) is 19.9 Å². The van der Waals surface area contributed by atoms with Gasteiger partial charge in [-0.15, -0.1) is 0 Å². The summed E-state index contributed by atoms with van der Waals surface area (Å²) in [6.07, 6.45) is 0.655. The largest absolute Gasteiger partial charge is 0.481 e. The summed E-state index contributed by atoms with van der Waals surface area (Å²) in [4.78, 5) is 24.2. The van der Waals surface area contributed by atoms with Gasteiger partial charge in [-0.3, -0.25) is 4.79 Å². The van der Waals surface area contributed by atoms with Gasteiger partial charge in [0.1, 0.15) is 0 Å². The van der Waals surface area contributed by atoms with Crippen LogP contribution in [0.25, 0.3) is 0 Å². The molecule has 0 bridgehead atoms. The summed E-state index contributed by atoms with van der Waals surface area (Å²) in [5.74, 6) is -1.70. The molecule has 2 amide bonds. The molecule has 1 aromatic carbocycles. The van der Waals surface area contributed by atoms with E-state index >= 15 is 0 Å². The fourth-order valence-electron chi connectivity index (χ4n) is 1.95. The Morgan fingerprint density at radius 3 is 2.48 bits per heavy atom. The number of hydrogen-bond acceptors (Lipinski definition) is 4. The number of anilines is 1. The van der Waals surface area contributed by atoms with Crippen LogP contribution in [0.1, 0.15) is 27.2 Å². The van der Waals surface area contributed by atoms with Crippen molar-refractivity contribution in [1.82, 2.24) is 9.62 Å². The summed E-state index contributed by atoms with van der Waals surface area (Å²) in [6.45, 7) is 5.17. The Balaban J connectivity index is 2.84. The van der Waals surface area contributed by atoms with E-state index < -0.39 is 27.9 Å². The van der Waals surface area contributed by atoms with Gasteiger partial charge in [0.05, 0.1) is 10.8 Å². The number of hydrogen-bond donors (Lipinski definition) is 3. The van der Waals surface area contributed by atoms with Gasteiger partial charge in [0.25, 0.3) is 0 Å². The molecule has 0 heterocycles. The van der Waals surface area contributed by atoms with Crippen molar-refractivity contribution in [1.29, 1.82) is 0 Å². The van der Waals surface area contributed by atoms with Crippen LogP contribution in [0.2, 0.25) is 0 Å². The highest BCUT2D eigenvalue weighted by Gasteiger charge is 2.19. The lowest BCUT2D eigenvalue weighted by Crippen LogP contribution is -2.36. The summed E-state index contributed by atoms with van der Waals surface area (Å²) >= 11 is 0. The van der Waals surface area contributed by atoms with Crippen molar-refractivity contribution in [2.75, 3.05) is 18.9 Å². The third-order valence-corrected chi connectivity index (χ3v) is 5.27. The monoisotopic (exact) mass is 371 g/mol. The second-order valence-electron chi connectivity index (χ2n) is 6.01. The van der Waals surface area contributed by atoms with Crippen LogP contribution >= 0.6 is 0 Å². The van der Waals surface area contributed by atoms with Crippen molar-refractivity contribution in [3.05, 3.63) is 24.3 Å². The Kier molecular flexibility index (Phi) is 7.38. The SMILES string of the molecule is CCC(C)NS(=O)(=O)c1cccc(NC(=O)N(C)CC(C)C(=O)O)c1. The molecule has 0 aliphatic heterocycles. The van der Waals surface area contributed by atoms with Crippen LogP contribution in [0, 0.1) is 5.92 Å². The average molecular weight is 371 g/mol. The molecule has 2 atom stereocenters. The third-order valence-electron chi connectivity index (χ3n) is 3.68. The maximum Gasteiger partial charge on any atom is 0.321 e. The molecule has 1 rings (SSSR count). The van der Waals surface area contributed by atoms with Crippen LogP contribution in [0.4, 0.5) is 10.5 Å². The summed E-state index contributed by atoms with van der Waals surface area (Å²) in [7, 11) is -2.20.